The first kappa shape index (κ1) is 23.6. The van der Waals surface area contributed by atoms with E-state index in [1.807, 2.05) is 67.1 Å². The number of hydroxylamine groups is 2. The van der Waals surface area contributed by atoms with Crippen LogP contribution in [0.4, 0.5) is 0 Å². The maximum Gasteiger partial charge on any atom is 0.285 e. The number of nitrogens with zero attached hydrogens (tertiary/aromatic N) is 3. The summed E-state index contributed by atoms with van der Waals surface area (Å²) in [6.45, 7) is 0.131. The number of hydrogen-bond acceptors (Lipinski definition) is 4. The van der Waals surface area contributed by atoms with Crippen LogP contribution >= 0.6 is 0 Å². The molecule has 2 heterocycles. The number of benzene rings is 4. The SMILES string of the molecule is O=C1c2ccccc2C(=O)N1OCCc1cncn1C(c1ccccc1)(c1ccccc1)c1ccccc1. The van der Waals surface area contributed by atoms with Crippen LogP contribution in [0.15, 0.2) is 128 Å². The van der Waals surface area contributed by atoms with Crippen molar-refractivity contribution in [1.29, 1.82) is 0 Å². The zero-order valence-corrected chi connectivity index (χ0v) is 20.6. The van der Waals surface area contributed by atoms with Gasteiger partial charge in [-0.3, -0.25) is 14.4 Å². The lowest BCUT2D eigenvalue weighted by molar-refractivity contribution is -0.0905. The molecular weight excluding hydrogens is 474 g/mol. The van der Waals surface area contributed by atoms with E-state index in [2.05, 4.69) is 45.9 Å². The first-order chi connectivity index (χ1) is 18.7. The van der Waals surface area contributed by atoms with Gasteiger partial charge in [0.05, 0.1) is 24.1 Å². The minimum atomic E-state index is -0.703. The van der Waals surface area contributed by atoms with E-state index in [-0.39, 0.29) is 6.61 Å². The van der Waals surface area contributed by atoms with E-state index < -0.39 is 17.4 Å². The molecule has 0 saturated carbocycles. The normalized spacial score (nSPS) is 13.1. The molecule has 38 heavy (non-hydrogen) atoms. The number of imidazole rings is 1. The highest BCUT2D eigenvalue weighted by Crippen LogP contribution is 2.41. The van der Waals surface area contributed by atoms with Crippen molar-refractivity contribution in [2.45, 2.75) is 12.0 Å². The van der Waals surface area contributed by atoms with Gasteiger partial charge in [-0.1, -0.05) is 103 Å². The Kier molecular flexibility index (Phi) is 6.15. The van der Waals surface area contributed by atoms with Crippen molar-refractivity contribution >= 4 is 11.8 Å². The van der Waals surface area contributed by atoms with Crippen LogP contribution in [0.1, 0.15) is 43.1 Å². The summed E-state index contributed by atoms with van der Waals surface area (Å²) < 4.78 is 2.17. The topological polar surface area (TPSA) is 64.4 Å². The molecule has 0 unspecified atom stereocenters. The number of amides is 2. The summed E-state index contributed by atoms with van der Waals surface area (Å²) in [5.74, 6) is -0.877. The maximum absolute atomic E-state index is 12.7. The molecule has 0 bridgehead atoms. The van der Waals surface area contributed by atoms with Crippen molar-refractivity contribution in [3.05, 3.63) is 161 Å². The van der Waals surface area contributed by atoms with Crippen LogP contribution in [-0.2, 0) is 16.8 Å². The predicted octanol–water partition coefficient (Wildman–Crippen LogP) is 5.49. The lowest BCUT2D eigenvalue weighted by Crippen LogP contribution is -2.38. The van der Waals surface area contributed by atoms with Gasteiger partial charge < -0.3 is 4.57 Å². The van der Waals surface area contributed by atoms with Gasteiger partial charge in [-0.05, 0) is 28.8 Å². The average Bonchev–Trinajstić information content (AvgIpc) is 3.54. The molecule has 4 aromatic carbocycles. The molecule has 0 atom stereocenters. The standard InChI is InChI=1S/C32H25N3O3/c36-30-28-18-10-11-19-29(28)31(37)35(30)38-21-20-27-22-33-23-34(27)32(24-12-4-1-5-13-24,25-14-6-2-7-15-25)26-16-8-3-9-17-26/h1-19,22-23H,20-21H2. The summed E-state index contributed by atoms with van der Waals surface area (Å²) >= 11 is 0. The van der Waals surface area contributed by atoms with Crippen molar-refractivity contribution in [3.63, 3.8) is 0 Å². The fraction of sp³-hybridized carbons (Fsp3) is 0.0938. The molecule has 0 aliphatic carbocycles. The van der Waals surface area contributed by atoms with E-state index in [9.17, 15) is 9.59 Å². The third-order valence-corrected chi connectivity index (χ3v) is 6.99. The molecule has 2 amide bonds. The second-order valence-electron chi connectivity index (χ2n) is 9.10. The average molecular weight is 500 g/mol. The molecule has 6 nitrogen and oxygen atoms in total. The molecule has 0 N–H and O–H groups in total. The number of aromatic nitrogens is 2. The zero-order valence-electron chi connectivity index (χ0n) is 20.6. The van der Waals surface area contributed by atoms with Crippen molar-refractivity contribution in [3.8, 4) is 0 Å². The highest BCUT2D eigenvalue weighted by molar-refractivity contribution is 6.20. The van der Waals surface area contributed by atoms with Gasteiger partial charge in [0.25, 0.3) is 11.8 Å². The highest BCUT2D eigenvalue weighted by atomic mass is 16.7. The van der Waals surface area contributed by atoms with E-state index in [0.29, 0.717) is 17.5 Å². The summed E-state index contributed by atoms with van der Waals surface area (Å²) in [6, 6.07) is 37.8. The lowest BCUT2D eigenvalue weighted by Gasteiger charge is -2.38. The number of carbonyl (C=O) groups excluding carboxylic acids is 2. The van der Waals surface area contributed by atoms with Crippen molar-refractivity contribution < 1.29 is 14.4 Å². The van der Waals surface area contributed by atoms with E-state index in [4.69, 9.17) is 4.84 Å². The minimum Gasteiger partial charge on any atom is -0.316 e. The Balaban J connectivity index is 1.39. The molecule has 1 aromatic heterocycles. The number of rotatable bonds is 8. The number of fused-ring (bicyclic) bond motifs is 1. The van der Waals surface area contributed by atoms with Crippen LogP contribution in [0.3, 0.4) is 0 Å². The summed E-state index contributed by atoms with van der Waals surface area (Å²) in [5, 5.41) is 0.865. The van der Waals surface area contributed by atoms with Crippen LogP contribution in [0.2, 0.25) is 0 Å². The van der Waals surface area contributed by atoms with E-state index in [1.165, 1.54) is 0 Å². The summed E-state index contributed by atoms with van der Waals surface area (Å²) in [7, 11) is 0. The van der Waals surface area contributed by atoms with Crippen LogP contribution in [0, 0.1) is 0 Å². The first-order valence-corrected chi connectivity index (χ1v) is 12.5. The Morgan fingerprint density at radius 2 is 1.08 bits per heavy atom. The second-order valence-corrected chi connectivity index (χ2v) is 9.10. The summed E-state index contributed by atoms with van der Waals surface area (Å²) in [5.41, 5.74) is 4.16. The quantitative estimate of drug-likeness (QED) is 0.209. The number of carbonyl (C=O) groups is 2. The summed E-state index contributed by atoms with van der Waals surface area (Å²) in [6.07, 6.45) is 4.08. The van der Waals surface area contributed by atoms with Crippen LogP contribution in [-0.4, -0.2) is 33.0 Å². The first-order valence-electron chi connectivity index (χ1n) is 12.5. The van der Waals surface area contributed by atoms with Gasteiger partial charge >= 0.3 is 0 Å². The fourth-order valence-corrected chi connectivity index (χ4v) is 5.29. The van der Waals surface area contributed by atoms with E-state index in [0.717, 1.165) is 27.4 Å². The monoisotopic (exact) mass is 499 g/mol. The van der Waals surface area contributed by atoms with Crippen LogP contribution in [0.5, 0.6) is 0 Å². The fourth-order valence-electron chi connectivity index (χ4n) is 5.29. The molecule has 5 aromatic rings. The van der Waals surface area contributed by atoms with Gasteiger partial charge in [0, 0.05) is 18.3 Å². The molecule has 6 heteroatoms. The van der Waals surface area contributed by atoms with Crippen LogP contribution < -0.4 is 0 Å². The Labute approximate surface area is 220 Å². The molecule has 186 valence electrons. The molecule has 1 aliphatic rings. The Morgan fingerprint density at radius 3 is 1.55 bits per heavy atom. The highest BCUT2D eigenvalue weighted by Gasteiger charge is 2.40. The van der Waals surface area contributed by atoms with Crippen molar-refractivity contribution in [1.82, 2.24) is 14.6 Å². The molecule has 6 rings (SSSR count). The van der Waals surface area contributed by atoms with Gasteiger partial charge in [-0.15, -0.1) is 5.06 Å². The van der Waals surface area contributed by atoms with Gasteiger partial charge in [0.15, 0.2) is 0 Å². The van der Waals surface area contributed by atoms with Crippen molar-refractivity contribution in [2.75, 3.05) is 6.61 Å². The van der Waals surface area contributed by atoms with Gasteiger partial charge in [-0.2, -0.15) is 0 Å². The molecule has 0 fully saturated rings. The van der Waals surface area contributed by atoms with E-state index in [1.54, 1.807) is 24.3 Å². The summed E-state index contributed by atoms with van der Waals surface area (Å²) in [4.78, 5) is 35.8. The predicted molar refractivity (Wildman–Crippen MR) is 143 cm³/mol. The Bertz CT molecular complexity index is 1450. The molecule has 0 saturated heterocycles. The maximum atomic E-state index is 12.7. The zero-order chi connectivity index (χ0) is 26.0. The third-order valence-electron chi connectivity index (χ3n) is 6.99. The number of imide groups is 1. The lowest BCUT2D eigenvalue weighted by atomic mass is 9.76. The third kappa shape index (κ3) is 3.83. The molecule has 0 spiro atoms. The van der Waals surface area contributed by atoms with Gasteiger partial charge in [0.1, 0.15) is 5.54 Å². The second kappa shape index (κ2) is 9.92. The minimum absolute atomic E-state index is 0.131. The van der Waals surface area contributed by atoms with Crippen molar-refractivity contribution in [2.24, 2.45) is 0 Å². The molecular formula is C32H25N3O3. The largest absolute Gasteiger partial charge is 0.316 e. The molecule has 0 radical (unpaired) electrons. The Morgan fingerprint density at radius 1 is 0.632 bits per heavy atom. The van der Waals surface area contributed by atoms with Crippen LogP contribution in [0.25, 0.3) is 0 Å². The number of hydrogen-bond donors (Lipinski definition) is 0. The molecule has 1 aliphatic heterocycles. The smallest absolute Gasteiger partial charge is 0.285 e. The van der Waals surface area contributed by atoms with Gasteiger partial charge in [-0.25, -0.2) is 4.98 Å². The van der Waals surface area contributed by atoms with Gasteiger partial charge in [0.2, 0.25) is 0 Å². The van der Waals surface area contributed by atoms with E-state index >= 15 is 0 Å². The Hall–Kier alpha value is -4.81.